The van der Waals surface area contributed by atoms with Crippen molar-refractivity contribution in [2.24, 2.45) is 29.1 Å². The van der Waals surface area contributed by atoms with Crippen LogP contribution in [0.15, 0.2) is 43.0 Å². The van der Waals surface area contributed by atoms with Crippen LogP contribution in [0.1, 0.15) is 50.0 Å². The highest BCUT2D eigenvalue weighted by molar-refractivity contribution is 6.02. The van der Waals surface area contributed by atoms with Gasteiger partial charge in [0.05, 0.1) is 6.04 Å². The number of piperidine rings is 1. The number of fused-ring (bicyclic) bond motifs is 2. The fourth-order valence-corrected chi connectivity index (χ4v) is 7.02. The summed E-state index contributed by atoms with van der Waals surface area (Å²) >= 11 is 0. The van der Waals surface area contributed by atoms with Crippen LogP contribution < -0.4 is 16.0 Å². The Labute approximate surface area is 238 Å². The van der Waals surface area contributed by atoms with Crippen LogP contribution >= 0.6 is 0 Å². The molecule has 4 N–H and O–H groups in total. The molecule has 10 nitrogen and oxygen atoms in total. The molecule has 1 unspecified atom stereocenters. The van der Waals surface area contributed by atoms with Gasteiger partial charge in [0.25, 0.3) is 5.91 Å². The molecule has 4 aliphatic rings. The fraction of sp³-hybridized carbons (Fsp3) is 0.516. The molecule has 6 atom stereocenters. The summed E-state index contributed by atoms with van der Waals surface area (Å²) in [6, 6.07) is 6.96. The SMILES string of the molecule is C=CC(=O)[C@H](C[C@@H]1CCNC1=O)NC(=O)[C@@H]1[C@@H]2[C@H](CN1C(=O)C(NC(=O)c1cc3ccccc3[nH]1)C1CC1)C2(C)C. The van der Waals surface area contributed by atoms with E-state index in [4.69, 9.17) is 0 Å². The van der Waals surface area contributed by atoms with E-state index in [9.17, 15) is 24.0 Å². The van der Waals surface area contributed by atoms with Gasteiger partial charge in [0.2, 0.25) is 17.7 Å². The van der Waals surface area contributed by atoms with E-state index < -0.39 is 24.0 Å². The summed E-state index contributed by atoms with van der Waals surface area (Å²) < 4.78 is 0. The zero-order valence-electron chi connectivity index (χ0n) is 23.4. The number of aromatic nitrogens is 1. The molecule has 216 valence electrons. The number of rotatable bonds is 10. The van der Waals surface area contributed by atoms with Gasteiger partial charge in [-0.25, -0.2) is 0 Å². The first kappa shape index (κ1) is 27.2. The van der Waals surface area contributed by atoms with Gasteiger partial charge in [0.15, 0.2) is 5.78 Å². The minimum Gasteiger partial charge on any atom is -0.356 e. The number of hydrogen-bond donors (Lipinski definition) is 4. The molecule has 2 saturated carbocycles. The maximum absolute atomic E-state index is 14.0. The van der Waals surface area contributed by atoms with Gasteiger partial charge in [0, 0.05) is 29.9 Å². The Balaban J connectivity index is 1.20. The topological polar surface area (TPSA) is 140 Å². The number of hydrogen-bond acceptors (Lipinski definition) is 5. The van der Waals surface area contributed by atoms with E-state index in [1.54, 1.807) is 11.0 Å². The fourth-order valence-electron chi connectivity index (χ4n) is 7.02. The zero-order valence-corrected chi connectivity index (χ0v) is 23.4. The van der Waals surface area contributed by atoms with Crippen molar-refractivity contribution in [3.8, 4) is 0 Å². The van der Waals surface area contributed by atoms with Crippen LogP contribution in [0.4, 0.5) is 0 Å². The van der Waals surface area contributed by atoms with Gasteiger partial charge in [0.1, 0.15) is 17.8 Å². The summed E-state index contributed by atoms with van der Waals surface area (Å²) in [4.78, 5) is 70.8. The Kier molecular flexibility index (Phi) is 6.74. The van der Waals surface area contributed by atoms with Gasteiger partial charge >= 0.3 is 0 Å². The maximum atomic E-state index is 14.0. The average Bonchev–Trinajstić information content (AvgIpc) is 3.62. The summed E-state index contributed by atoms with van der Waals surface area (Å²) in [6.45, 7) is 8.73. The zero-order chi connectivity index (χ0) is 29.1. The number of nitrogens with one attached hydrogen (secondary N) is 4. The minimum absolute atomic E-state index is 0.0143. The highest BCUT2D eigenvalue weighted by Crippen LogP contribution is 2.65. The van der Waals surface area contributed by atoms with E-state index in [0.717, 1.165) is 23.7 Å². The summed E-state index contributed by atoms with van der Waals surface area (Å²) in [7, 11) is 0. The van der Waals surface area contributed by atoms with Crippen molar-refractivity contribution in [1.29, 1.82) is 0 Å². The van der Waals surface area contributed by atoms with Crippen molar-refractivity contribution < 1.29 is 24.0 Å². The van der Waals surface area contributed by atoms with E-state index in [0.29, 0.717) is 25.2 Å². The lowest BCUT2D eigenvalue weighted by atomic mass is 9.94. The van der Waals surface area contributed by atoms with Crippen LogP contribution in [0.25, 0.3) is 10.9 Å². The summed E-state index contributed by atoms with van der Waals surface area (Å²) in [6.07, 6.45) is 3.60. The van der Waals surface area contributed by atoms with Crippen LogP contribution in [-0.4, -0.2) is 70.5 Å². The van der Waals surface area contributed by atoms with E-state index in [1.807, 2.05) is 24.3 Å². The van der Waals surface area contributed by atoms with Crippen molar-refractivity contribution in [3.63, 3.8) is 0 Å². The molecule has 2 aliphatic heterocycles. The number of benzene rings is 1. The highest BCUT2D eigenvalue weighted by Gasteiger charge is 2.70. The standard InChI is InChI=1S/C31H37N5O5/c1-4-23(37)21(14-18-11-12-32-27(18)38)34-29(40)26-24-19(31(24,2)3)15-36(26)30(41)25(16-9-10-16)35-28(39)22-13-17-7-5-6-8-20(17)33-22/h4-8,13,16,18-19,21,24-26,33H,1,9-12,14-15H2,2-3H3,(H,32,38)(H,34,40)(H,35,39)/t18-,19-,21-,24-,25?,26-/m0/s1. The predicted molar refractivity (Wildman–Crippen MR) is 151 cm³/mol. The largest absolute Gasteiger partial charge is 0.356 e. The van der Waals surface area contributed by atoms with Gasteiger partial charge < -0.3 is 25.8 Å². The third-order valence-electron chi connectivity index (χ3n) is 9.73. The molecule has 41 heavy (non-hydrogen) atoms. The number of H-pyrrole nitrogens is 1. The Hall–Kier alpha value is -3.95. The molecule has 0 spiro atoms. The third kappa shape index (κ3) is 4.93. The number of amides is 4. The molecule has 3 heterocycles. The second-order valence-electron chi connectivity index (χ2n) is 12.6. The number of likely N-dealkylation sites (tertiary alicyclic amines) is 1. The highest BCUT2D eigenvalue weighted by atomic mass is 16.2. The molecule has 2 aromatic rings. The quantitative estimate of drug-likeness (QED) is 0.329. The van der Waals surface area contributed by atoms with Gasteiger partial charge in [-0.05, 0) is 67.1 Å². The van der Waals surface area contributed by atoms with Crippen molar-refractivity contribution in [2.45, 2.75) is 57.7 Å². The third-order valence-corrected chi connectivity index (χ3v) is 9.73. The summed E-state index contributed by atoms with van der Waals surface area (Å²) in [5, 5.41) is 9.51. The van der Waals surface area contributed by atoms with Gasteiger partial charge in [-0.15, -0.1) is 0 Å². The minimum atomic E-state index is -0.896. The smallest absolute Gasteiger partial charge is 0.268 e. The van der Waals surface area contributed by atoms with Crippen LogP contribution in [0, 0.1) is 29.1 Å². The maximum Gasteiger partial charge on any atom is 0.268 e. The first-order chi connectivity index (χ1) is 19.6. The van der Waals surface area contributed by atoms with Crippen molar-refractivity contribution >= 4 is 40.3 Å². The normalized spacial score (nSPS) is 27.5. The van der Waals surface area contributed by atoms with Crippen molar-refractivity contribution in [3.05, 3.63) is 48.7 Å². The second-order valence-corrected chi connectivity index (χ2v) is 12.6. The van der Waals surface area contributed by atoms with E-state index in [2.05, 4.69) is 41.4 Å². The first-order valence-corrected chi connectivity index (χ1v) is 14.5. The van der Waals surface area contributed by atoms with Gasteiger partial charge in [-0.2, -0.15) is 0 Å². The monoisotopic (exact) mass is 559 g/mol. The average molecular weight is 560 g/mol. The van der Waals surface area contributed by atoms with Crippen LogP contribution in [-0.2, 0) is 19.2 Å². The van der Waals surface area contributed by atoms with Crippen LogP contribution in [0.3, 0.4) is 0 Å². The lowest BCUT2D eigenvalue weighted by Gasteiger charge is -2.34. The molecule has 0 radical (unpaired) electrons. The Morgan fingerprint density at radius 1 is 1.15 bits per heavy atom. The van der Waals surface area contributed by atoms with Gasteiger partial charge in [-0.1, -0.05) is 38.6 Å². The lowest BCUT2D eigenvalue weighted by molar-refractivity contribution is -0.142. The number of aromatic amines is 1. The lowest BCUT2D eigenvalue weighted by Crippen LogP contribution is -2.58. The number of ketones is 1. The summed E-state index contributed by atoms with van der Waals surface area (Å²) in [5.74, 6) is -1.75. The molecule has 6 rings (SSSR count). The number of carbonyl (C=O) groups excluding carboxylic acids is 5. The summed E-state index contributed by atoms with van der Waals surface area (Å²) in [5.41, 5.74) is 1.10. The number of carbonyl (C=O) groups is 5. The van der Waals surface area contributed by atoms with E-state index in [-0.39, 0.29) is 59.0 Å². The van der Waals surface area contributed by atoms with Crippen molar-refractivity contribution in [2.75, 3.05) is 13.1 Å². The first-order valence-electron chi connectivity index (χ1n) is 14.5. The van der Waals surface area contributed by atoms with E-state index in [1.165, 1.54) is 6.08 Å². The van der Waals surface area contributed by atoms with Crippen LogP contribution in [0.2, 0.25) is 0 Å². The molecular weight excluding hydrogens is 522 g/mol. The Bertz CT molecular complexity index is 1410. The van der Waals surface area contributed by atoms with Gasteiger partial charge in [-0.3, -0.25) is 24.0 Å². The molecule has 4 amide bonds. The Morgan fingerprint density at radius 2 is 1.90 bits per heavy atom. The van der Waals surface area contributed by atoms with Crippen LogP contribution in [0.5, 0.6) is 0 Å². The molecule has 4 fully saturated rings. The molecule has 10 heteroatoms. The molecule has 2 aliphatic carbocycles. The molecular formula is C31H37N5O5. The molecule has 2 saturated heterocycles. The van der Waals surface area contributed by atoms with Crippen molar-refractivity contribution in [1.82, 2.24) is 25.8 Å². The molecule has 1 aromatic carbocycles. The van der Waals surface area contributed by atoms with E-state index >= 15 is 0 Å². The molecule has 0 bridgehead atoms. The number of para-hydroxylation sites is 1. The Morgan fingerprint density at radius 3 is 2.56 bits per heavy atom. The molecule has 1 aromatic heterocycles. The number of nitrogens with zero attached hydrogens (tertiary/aromatic N) is 1. The predicted octanol–water partition coefficient (Wildman–Crippen LogP) is 1.93. The second kappa shape index (κ2) is 10.2.